The van der Waals surface area contributed by atoms with Crippen molar-refractivity contribution in [3.05, 3.63) is 24.3 Å². The lowest BCUT2D eigenvalue weighted by Gasteiger charge is -2.36. The lowest BCUT2D eigenvalue weighted by atomic mass is 9.98. The molecule has 1 aromatic carbocycles. The topological polar surface area (TPSA) is 64.7 Å². The van der Waals surface area contributed by atoms with Crippen LogP contribution < -0.4 is 15.5 Å². The van der Waals surface area contributed by atoms with Crippen LogP contribution >= 0.6 is 0 Å². The zero-order valence-electron chi connectivity index (χ0n) is 17.0. The molecular formula is C21H34N4O2. The van der Waals surface area contributed by atoms with Crippen LogP contribution in [-0.4, -0.2) is 49.6 Å². The number of hydrogen-bond acceptors (Lipinski definition) is 3. The van der Waals surface area contributed by atoms with Crippen LogP contribution in [0.2, 0.25) is 0 Å². The summed E-state index contributed by atoms with van der Waals surface area (Å²) < 4.78 is 0. The summed E-state index contributed by atoms with van der Waals surface area (Å²) in [5, 5.41) is 5.90. The highest BCUT2D eigenvalue weighted by atomic mass is 16.2. The third kappa shape index (κ3) is 6.15. The number of urea groups is 1. The molecular weight excluding hydrogens is 340 g/mol. The zero-order chi connectivity index (χ0) is 19.6. The van der Waals surface area contributed by atoms with Crippen molar-refractivity contribution in [2.45, 2.75) is 46.5 Å². The molecule has 1 heterocycles. The Morgan fingerprint density at radius 3 is 2.26 bits per heavy atom. The van der Waals surface area contributed by atoms with Crippen molar-refractivity contribution >= 4 is 23.3 Å². The monoisotopic (exact) mass is 374 g/mol. The van der Waals surface area contributed by atoms with Gasteiger partial charge < -0.3 is 20.4 Å². The number of amides is 3. The molecule has 1 aliphatic heterocycles. The van der Waals surface area contributed by atoms with Crippen molar-refractivity contribution in [2.75, 3.05) is 42.9 Å². The zero-order valence-corrected chi connectivity index (χ0v) is 17.0. The van der Waals surface area contributed by atoms with Crippen LogP contribution in [0.4, 0.5) is 16.2 Å². The van der Waals surface area contributed by atoms with E-state index < -0.39 is 0 Å². The summed E-state index contributed by atoms with van der Waals surface area (Å²) >= 11 is 0. The van der Waals surface area contributed by atoms with E-state index in [1.165, 1.54) is 0 Å². The molecule has 0 saturated carbocycles. The minimum absolute atomic E-state index is 0.0174. The van der Waals surface area contributed by atoms with Crippen molar-refractivity contribution < 1.29 is 9.59 Å². The summed E-state index contributed by atoms with van der Waals surface area (Å²) in [4.78, 5) is 28.4. The maximum atomic E-state index is 12.4. The number of carbonyl (C=O) groups is 2. The van der Waals surface area contributed by atoms with Gasteiger partial charge in [-0.15, -0.1) is 0 Å². The van der Waals surface area contributed by atoms with Crippen LogP contribution in [0.1, 0.15) is 46.5 Å². The average Bonchev–Trinajstić information content (AvgIpc) is 2.69. The lowest BCUT2D eigenvalue weighted by molar-refractivity contribution is -0.120. The number of hydrogen-bond donors (Lipinski definition) is 2. The van der Waals surface area contributed by atoms with Crippen LogP contribution in [0.25, 0.3) is 0 Å². The highest BCUT2D eigenvalue weighted by molar-refractivity contribution is 5.92. The molecule has 0 radical (unpaired) electrons. The third-order valence-corrected chi connectivity index (χ3v) is 5.16. The van der Waals surface area contributed by atoms with Gasteiger partial charge in [0, 0.05) is 50.0 Å². The number of piperazine rings is 1. The van der Waals surface area contributed by atoms with Gasteiger partial charge in [-0.2, -0.15) is 0 Å². The van der Waals surface area contributed by atoms with E-state index in [0.717, 1.165) is 63.2 Å². The molecule has 2 N–H and O–H groups in total. The Labute approximate surface area is 163 Å². The fourth-order valence-electron chi connectivity index (χ4n) is 3.40. The van der Waals surface area contributed by atoms with Crippen molar-refractivity contribution in [2.24, 2.45) is 5.92 Å². The van der Waals surface area contributed by atoms with E-state index in [1.54, 1.807) is 0 Å². The van der Waals surface area contributed by atoms with Gasteiger partial charge in [0.25, 0.3) is 0 Å². The largest absolute Gasteiger partial charge is 0.368 e. The van der Waals surface area contributed by atoms with Crippen LogP contribution in [0.3, 0.4) is 0 Å². The quantitative estimate of drug-likeness (QED) is 0.729. The highest BCUT2D eigenvalue weighted by Crippen LogP contribution is 2.21. The van der Waals surface area contributed by atoms with Crippen LogP contribution in [0, 0.1) is 5.92 Å². The second-order valence-electron chi connectivity index (χ2n) is 7.09. The molecule has 6 heteroatoms. The van der Waals surface area contributed by atoms with E-state index in [9.17, 15) is 9.59 Å². The second-order valence-corrected chi connectivity index (χ2v) is 7.09. The molecule has 0 aliphatic carbocycles. The Morgan fingerprint density at radius 1 is 1.04 bits per heavy atom. The van der Waals surface area contributed by atoms with E-state index >= 15 is 0 Å². The average molecular weight is 375 g/mol. The number of benzene rings is 1. The number of carbonyl (C=O) groups excluding carboxylic acids is 2. The molecule has 1 saturated heterocycles. The molecule has 1 unspecified atom stereocenters. The van der Waals surface area contributed by atoms with Gasteiger partial charge >= 0.3 is 6.03 Å². The predicted molar refractivity (Wildman–Crippen MR) is 111 cm³/mol. The summed E-state index contributed by atoms with van der Waals surface area (Å²) in [5.41, 5.74) is 1.97. The fourth-order valence-corrected chi connectivity index (χ4v) is 3.40. The summed E-state index contributed by atoms with van der Waals surface area (Å²) in [6.07, 6.45) is 4.03. The highest BCUT2D eigenvalue weighted by Gasteiger charge is 2.21. The maximum absolute atomic E-state index is 12.4. The molecule has 1 fully saturated rings. The predicted octanol–water partition coefficient (Wildman–Crippen LogP) is 3.69. The molecule has 2 rings (SSSR count). The summed E-state index contributed by atoms with van der Waals surface area (Å²) in [6.45, 7) is 9.89. The molecule has 3 amide bonds. The van der Waals surface area contributed by atoms with Crippen molar-refractivity contribution in [1.82, 2.24) is 10.2 Å². The third-order valence-electron chi connectivity index (χ3n) is 5.16. The van der Waals surface area contributed by atoms with Gasteiger partial charge in [0.05, 0.1) is 0 Å². The minimum Gasteiger partial charge on any atom is -0.368 e. The molecule has 1 atom stereocenters. The van der Waals surface area contributed by atoms with Gasteiger partial charge in [0.1, 0.15) is 0 Å². The molecule has 0 bridgehead atoms. The van der Waals surface area contributed by atoms with Gasteiger partial charge in [0.2, 0.25) is 5.91 Å². The normalized spacial score (nSPS) is 15.4. The van der Waals surface area contributed by atoms with Gasteiger partial charge in [-0.05, 0) is 44.0 Å². The first-order valence-corrected chi connectivity index (χ1v) is 10.3. The van der Waals surface area contributed by atoms with E-state index in [0.29, 0.717) is 6.54 Å². The molecule has 6 nitrogen and oxygen atoms in total. The first kappa shape index (κ1) is 21.1. The van der Waals surface area contributed by atoms with E-state index in [2.05, 4.69) is 29.4 Å². The number of rotatable bonds is 8. The Morgan fingerprint density at radius 2 is 1.70 bits per heavy atom. The molecule has 27 heavy (non-hydrogen) atoms. The Bertz CT molecular complexity index is 595. The van der Waals surface area contributed by atoms with Crippen molar-refractivity contribution in [3.8, 4) is 0 Å². The Hall–Kier alpha value is -2.24. The first-order valence-electron chi connectivity index (χ1n) is 10.3. The second kappa shape index (κ2) is 10.8. The number of nitrogens with one attached hydrogen (secondary N) is 2. The van der Waals surface area contributed by atoms with E-state index in [4.69, 9.17) is 0 Å². The van der Waals surface area contributed by atoms with Gasteiger partial charge in [-0.3, -0.25) is 4.79 Å². The van der Waals surface area contributed by atoms with Gasteiger partial charge in [-0.1, -0.05) is 26.7 Å². The summed E-state index contributed by atoms with van der Waals surface area (Å²) in [7, 11) is 0. The number of unbranched alkanes of at least 4 members (excludes halogenated alkanes) is 1. The molecule has 0 spiro atoms. The summed E-state index contributed by atoms with van der Waals surface area (Å²) in [5.74, 6) is 0.209. The van der Waals surface area contributed by atoms with E-state index in [-0.39, 0.29) is 17.9 Å². The smallest absolute Gasteiger partial charge is 0.317 e. The maximum Gasteiger partial charge on any atom is 0.317 e. The van der Waals surface area contributed by atoms with Gasteiger partial charge in [-0.25, -0.2) is 4.79 Å². The van der Waals surface area contributed by atoms with E-state index in [1.807, 2.05) is 36.1 Å². The molecule has 1 aromatic rings. The SMILES string of the molecule is CCCCC(CC)C(=O)Nc1ccc(N2CCN(C(=O)NCC)CC2)cc1. The molecule has 150 valence electrons. The minimum atomic E-state index is 0.0174. The standard InChI is InChI=1S/C21H34N4O2/c1-4-7-8-17(5-2)20(26)23-18-9-11-19(12-10-18)24-13-15-25(16-14-24)21(27)22-6-3/h9-12,17H,4-8,13-16H2,1-3H3,(H,22,27)(H,23,26). The van der Waals surface area contributed by atoms with Crippen molar-refractivity contribution in [3.63, 3.8) is 0 Å². The van der Waals surface area contributed by atoms with Crippen LogP contribution in [0.15, 0.2) is 24.3 Å². The Kier molecular flexibility index (Phi) is 8.43. The number of anilines is 2. The van der Waals surface area contributed by atoms with Crippen LogP contribution in [-0.2, 0) is 4.79 Å². The molecule has 0 aromatic heterocycles. The molecule has 1 aliphatic rings. The fraction of sp³-hybridized carbons (Fsp3) is 0.619. The summed E-state index contributed by atoms with van der Waals surface area (Å²) in [6, 6.07) is 8.05. The lowest BCUT2D eigenvalue weighted by Crippen LogP contribution is -2.51. The van der Waals surface area contributed by atoms with Crippen LogP contribution in [0.5, 0.6) is 0 Å². The first-order chi connectivity index (χ1) is 13.1. The Balaban J connectivity index is 1.86. The number of nitrogens with zero attached hydrogens (tertiary/aromatic N) is 2. The van der Waals surface area contributed by atoms with Crippen molar-refractivity contribution in [1.29, 1.82) is 0 Å². The van der Waals surface area contributed by atoms with Gasteiger partial charge in [0.15, 0.2) is 0 Å².